The van der Waals surface area contributed by atoms with Gasteiger partial charge in [-0.25, -0.2) is 0 Å². The maximum absolute atomic E-state index is 9.17. The molecule has 0 fully saturated rings. The topological polar surface area (TPSA) is 45.0 Å². The summed E-state index contributed by atoms with van der Waals surface area (Å²) in [6.45, 7) is 11.2. The Balaban J connectivity index is 2.87. The fourth-order valence-corrected chi connectivity index (χ4v) is 2.11. The van der Waals surface area contributed by atoms with Crippen molar-refractivity contribution in [2.75, 3.05) is 13.7 Å². The lowest BCUT2D eigenvalue weighted by molar-refractivity contribution is 0.267. The Bertz CT molecular complexity index is 511. The molecule has 0 amide bonds. The van der Waals surface area contributed by atoms with Crippen LogP contribution in [0.25, 0.3) is 0 Å². The molecular weight excluding hydrogens is 260 g/mol. The quantitative estimate of drug-likeness (QED) is 0.865. The highest BCUT2D eigenvalue weighted by molar-refractivity contribution is 5.41. The van der Waals surface area contributed by atoms with Gasteiger partial charge in [0.25, 0.3) is 0 Å². The summed E-state index contributed by atoms with van der Waals surface area (Å²) >= 11 is 0. The average molecular weight is 288 g/mol. The van der Waals surface area contributed by atoms with Crippen LogP contribution in [0, 0.1) is 11.3 Å². The zero-order valence-electron chi connectivity index (χ0n) is 14.2. The Hall–Kier alpha value is -1.53. The van der Waals surface area contributed by atoms with Gasteiger partial charge in [-0.05, 0) is 43.0 Å². The zero-order valence-corrected chi connectivity index (χ0v) is 14.2. The molecule has 1 N–H and O–H groups in total. The number of rotatable bonds is 6. The number of aryl methyl sites for hydroxylation is 1. The maximum atomic E-state index is 9.17. The van der Waals surface area contributed by atoms with E-state index in [0.717, 1.165) is 12.2 Å². The predicted molar refractivity (Wildman–Crippen MR) is 87.7 cm³/mol. The van der Waals surface area contributed by atoms with E-state index in [0.29, 0.717) is 13.0 Å². The van der Waals surface area contributed by atoms with E-state index in [-0.39, 0.29) is 5.41 Å². The number of ether oxygens (including phenoxy) is 1. The van der Waals surface area contributed by atoms with Crippen molar-refractivity contribution >= 4 is 0 Å². The molecule has 0 aliphatic carbocycles. The van der Waals surface area contributed by atoms with Crippen LogP contribution in [-0.2, 0) is 11.8 Å². The first-order chi connectivity index (χ1) is 9.75. The molecule has 1 rings (SSSR count). The maximum Gasteiger partial charge on any atom is 0.123 e. The number of nitrogens with zero attached hydrogens (tertiary/aromatic N) is 1. The Morgan fingerprint density at radius 2 is 1.90 bits per heavy atom. The van der Waals surface area contributed by atoms with Gasteiger partial charge in [-0.3, -0.25) is 0 Å². The van der Waals surface area contributed by atoms with Crippen molar-refractivity contribution in [2.45, 2.75) is 58.4 Å². The Kier molecular flexibility index (Phi) is 5.80. The lowest BCUT2D eigenvalue weighted by Crippen LogP contribution is -2.39. The van der Waals surface area contributed by atoms with Gasteiger partial charge < -0.3 is 10.1 Å². The van der Waals surface area contributed by atoms with Crippen molar-refractivity contribution in [2.24, 2.45) is 0 Å². The van der Waals surface area contributed by atoms with Crippen molar-refractivity contribution in [3.8, 4) is 11.8 Å². The van der Waals surface area contributed by atoms with Gasteiger partial charge in [-0.15, -0.1) is 0 Å². The third kappa shape index (κ3) is 4.75. The van der Waals surface area contributed by atoms with Gasteiger partial charge in [-0.1, -0.05) is 39.8 Å². The van der Waals surface area contributed by atoms with Gasteiger partial charge in [0.1, 0.15) is 11.3 Å². The summed E-state index contributed by atoms with van der Waals surface area (Å²) < 4.78 is 5.97. The van der Waals surface area contributed by atoms with Gasteiger partial charge in [0.2, 0.25) is 0 Å². The summed E-state index contributed by atoms with van der Waals surface area (Å²) in [6.07, 6.45) is 1.68. The van der Waals surface area contributed by atoms with Crippen molar-refractivity contribution in [1.29, 1.82) is 5.26 Å². The Labute approximate surface area is 129 Å². The summed E-state index contributed by atoms with van der Waals surface area (Å²) in [5.74, 6) is 0.927. The van der Waals surface area contributed by atoms with Crippen LogP contribution in [0.1, 0.15) is 52.2 Å². The van der Waals surface area contributed by atoms with Crippen LogP contribution in [0.15, 0.2) is 18.2 Å². The molecule has 0 spiro atoms. The van der Waals surface area contributed by atoms with E-state index in [2.05, 4.69) is 57.3 Å². The van der Waals surface area contributed by atoms with Crippen molar-refractivity contribution in [3.05, 3.63) is 29.3 Å². The molecule has 1 aromatic rings. The number of hydrogen-bond donors (Lipinski definition) is 1. The summed E-state index contributed by atoms with van der Waals surface area (Å²) in [5, 5.41) is 12.2. The number of hydrogen-bond acceptors (Lipinski definition) is 3. The molecule has 0 saturated heterocycles. The molecule has 3 nitrogen and oxygen atoms in total. The molecule has 0 aromatic heterocycles. The molecule has 0 saturated carbocycles. The highest BCUT2D eigenvalue weighted by Crippen LogP contribution is 2.32. The SMILES string of the molecule is CCc1ccc(OCCC(C)(C#N)NC)c(C(C)(C)C)c1. The number of nitrogens with one attached hydrogen (secondary N) is 1. The van der Waals surface area contributed by atoms with E-state index < -0.39 is 5.54 Å². The molecule has 0 aliphatic rings. The van der Waals surface area contributed by atoms with E-state index >= 15 is 0 Å². The standard InChI is InChI=1S/C18H28N2O/c1-7-14-8-9-16(15(12-14)17(2,3)4)21-11-10-18(5,13-19)20-6/h8-9,12,20H,7,10-11H2,1-6H3. The second-order valence-electron chi connectivity index (χ2n) is 6.73. The number of nitriles is 1. The van der Waals surface area contributed by atoms with Crippen LogP contribution in [-0.4, -0.2) is 19.2 Å². The lowest BCUT2D eigenvalue weighted by atomic mass is 9.85. The smallest absolute Gasteiger partial charge is 0.123 e. The molecule has 0 aliphatic heterocycles. The second kappa shape index (κ2) is 6.95. The fourth-order valence-electron chi connectivity index (χ4n) is 2.11. The van der Waals surface area contributed by atoms with Crippen molar-refractivity contribution in [3.63, 3.8) is 0 Å². The molecule has 116 valence electrons. The molecule has 0 bridgehead atoms. The molecular formula is C18H28N2O. The van der Waals surface area contributed by atoms with E-state index in [4.69, 9.17) is 10.00 Å². The average Bonchev–Trinajstić information content (AvgIpc) is 2.46. The third-order valence-electron chi connectivity index (χ3n) is 3.92. The summed E-state index contributed by atoms with van der Waals surface area (Å²) in [4.78, 5) is 0. The Morgan fingerprint density at radius 3 is 2.38 bits per heavy atom. The van der Waals surface area contributed by atoms with E-state index in [1.165, 1.54) is 11.1 Å². The molecule has 21 heavy (non-hydrogen) atoms. The highest BCUT2D eigenvalue weighted by Gasteiger charge is 2.23. The minimum absolute atomic E-state index is 0.0437. The van der Waals surface area contributed by atoms with Crippen molar-refractivity contribution in [1.82, 2.24) is 5.32 Å². The van der Waals surface area contributed by atoms with Crippen LogP contribution < -0.4 is 10.1 Å². The Morgan fingerprint density at radius 1 is 1.24 bits per heavy atom. The minimum Gasteiger partial charge on any atom is -0.493 e. The van der Waals surface area contributed by atoms with Gasteiger partial charge >= 0.3 is 0 Å². The lowest BCUT2D eigenvalue weighted by Gasteiger charge is -2.25. The van der Waals surface area contributed by atoms with Crippen LogP contribution in [0.2, 0.25) is 0 Å². The first-order valence-electron chi connectivity index (χ1n) is 7.62. The molecule has 3 heteroatoms. The van der Waals surface area contributed by atoms with Crippen LogP contribution in [0.5, 0.6) is 5.75 Å². The third-order valence-corrected chi connectivity index (χ3v) is 3.92. The molecule has 0 heterocycles. The van der Waals surface area contributed by atoms with E-state index in [1.807, 2.05) is 6.92 Å². The predicted octanol–water partition coefficient (Wildman–Crippen LogP) is 3.82. The van der Waals surface area contributed by atoms with Crippen LogP contribution in [0.4, 0.5) is 0 Å². The monoisotopic (exact) mass is 288 g/mol. The number of benzene rings is 1. The summed E-state index contributed by atoms with van der Waals surface area (Å²) in [7, 11) is 1.81. The van der Waals surface area contributed by atoms with Gasteiger partial charge in [0, 0.05) is 6.42 Å². The van der Waals surface area contributed by atoms with E-state index in [1.54, 1.807) is 7.05 Å². The summed E-state index contributed by atoms with van der Waals surface area (Å²) in [5.41, 5.74) is 2.06. The largest absolute Gasteiger partial charge is 0.493 e. The second-order valence-corrected chi connectivity index (χ2v) is 6.73. The van der Waals surface area contributed by atoms with E-state index in [9.17, 15) is 0 Å². The zero-order chi connectivity index (χ0) is 16.1. The highest BCUT2D eigenvalue weighted by atomic mass is 16.5. The molecule has 1 atom stereocenters. The van der Waals surface area contributed by atoms with Gasteiger partial charge in [0.05, 0.1) is 12.7 Å². The molecule has 0 radical (unpaired) electrons. The fraction of sp³-hybridized carbons (Fsp3) is 0.611. The first-order valence-corrected chi connectivity index (χ1v) is 7.62. The summed E-state index contributed by atoms with van der Waals surface area (Å²) in [6, 6.07) is 8.69. The van der Waals surface area contributed by atoms with Gasteiger partial charge in [0.15, 0.2) is 0 Å². The van der Waals surface area contributed by atoms with Crippen LogP contribution in [0.3, 0.4) is 0 Å². The minimum atomic E-state index is -0.536. The molecule has 1 unspecified atom stereocenters. The molecule has 1 aromatic carbocycles. The normalized spacial score (nSPS) is 14.3. The van der Waals surface area contributed by atoms with Gasteiger partial charge in [-0.2, -0.15) is 5.26 Å². The van der Waals surface area contributed by atoms with Crippen LogP contribution >= 0.6 is 0 Å². The van der Waals surface area contributed by atoms with Crippen molar-refractivity contribution < 1.29 is 4.74 Å². The first kappa shape index (κ1) is 17.5.